The molecule has 1 amide bonds. The molecule has 0 radical (unpaired) electrons. The Hall–Kier alpha value is -4.10. The maximum Gasteiger partial charge on any atom is 0.242 e. The van der Waals surface area contributed by atoms with Crippen LogP contribution in [0.2, 0.25) is 0 Å². The Kier molecular flexibility index (Phi) is 5.89. The Morgan fingerprint density at radius 1 is 1.05 bits per heavy atom. The topological polar surface area (TPSA) is 74.7 Å². The van der Waals surface area contributed by atoms with Crippen molar-refractivity contribution in [3.63, 3.8) is 0 Å². The molecule has 0 spiro atoms. The van der Waals surface area contributed by atoms with Gasteiger partial charge in [0.15, 0.2) is 0 Å². The summed E-state index contributed by atoms with van der Waals surface area (Å²) in [5.41, 5.74) is 6.23. The molecule has 0 saturated carbocycles. The fourth-order valence-electron chi connectivity index (χ4n) is 6.47. The number of rotatable bonds is 6. The minimum absolute atomic E-state index is 0.103. The second-order valence-corrected chi connectivity index (χ2v) is 10.9. The molecule has 2 aromatic heterocycles. The molecule has 2 aliphatic rings. The lowest BCUT2D eigenvalue weighted by Crippen LogP contribution is -2.45. The van der Waals surface area contributed by atoms with Crippen molar-refractivity contribution < 1.29 is 14.3 Å². The lowest BCUT2D eigenvalue weighted by Gasteiger charge is -2.36. The molecule has 39 heavy (non-hydrogen) atoms. The van der Waals surface area contributed by atoms with Crippen molar-refractivity contribution >= 4 is 33.5 Å². The second kappa shape index (κ2) is 9.58. The number of hydrogen-bond acceptors (Lipinski definition) is 5. The highest BCUT2D eigenvalue weighted by atomic mass is 16.3. The number of piperidine rings is 1. The molecule has 3 aromatic carbocycles. The highest BCUT2D eigenvalue weighted by molar-refractivity contribution is 6.05. The van der Waals surface area contributed by atoms with E-state index in [0.717, 1.165) is 46.2 Å². The summed E-state index contributed by atoms with van der Waals surface area (Å²) in [7, 11) is 1.95. The van der Waals surface area contributed by atoms with E-state index in [1.165, 1.54) is 11.1 Å². The number of benzene rings is 3. The lowest BCUT2D eigenvalue weighted by atomic mass is 9.86. The summed E-state index contributed by atoms with van der Waals surface area (Å²) >= 11 is 0. The van der Waals surface area contributed by atoms with Gasteiger partial charge in [-0.15, -0.1) is 0 Å². The summed E-state index contributed by atoms with van der Waals surface area (Å²) in [4.78, 5) is 21.4. The fraction of sp³-hybridized carbons (Fsp3) is 0.312. The van der Waals surface area contributed by atoms with Gasteiger partial charge in [-0.25, -0.2) is 4.98 Å². The van der Waals surface area contributed by atoms with Crippen molar-refractivity contribution in [2.75, 3.05) is 31.6 Å². The molecule has 198 valence electrons. The van der Waals surface area contributed by atoms with Crippen LogP contribution in [-0.2, 0) is 4.79 Å². The zero-order valence-corrected chi connectivity index (χ0v) is 22.0. The number of carbonyl (C=O) groups excluding carboxylic acids is 1. The van der Waals surface area contributed by atoms with Gasteiger partial charge < -0.3 is 23.9 Å². The monoisotopic (exact) mass is 520 g/mol. The first-order valence-corrected chi connectivity index (χ1v) is 13.8. The maximum atomic E-state index is 13.2. The van der Waals surface area contributed by atoms with Gasteiger partial charge in [0.1, 0.15) is 11.2 Å². The largest absolute Gasteiger partial charge is 0.456 e. The molecule has 1 saturated heterocycles. The van der Waals surface area contributed by atoms with E-state index in [1.807, 2.05) is 59.7 Å². The van der Waals surface area contributed by atoms with Crippen molar-refractivity contribution in [2.45, 2.75) is 31.4 Å². The van der Waals surface area contributed by atoms with E-state index in [-0.39, 0.29) is 17.9 Å². The van der Waals surface area contributed by atoms with Crippen LogP contribution in [0.25, 0.3) is 33.2 Å². The van der Waals surface area contributed by atoms with Gasteiger partial charge in [-0.05, 0) is 48.9 Å². The highest BCUT2D eigenvalue weighted by Crippen LogP contribution is 2.42. The lowest BCUT2D eigenvalue weighted by molar-refractivity contribution is -0.131. The molecule has 2 atom stereocenters. The summed E-state index contributed by atoms with van der Waals surface area (Å²) in [6, 6.07) is 22.7. The predicted molar refractivity (Wildman–Crippen MR) is 153 cm³/mol. The average molecular weight is 521 g/mol. The summed E-state index contributed by atoms with van der Waals surface area (Å²) < 4.78 is 8.22. The number of nitrogens with zero attached hydrogens (tertiary/aromatic N) is 4. The van der Waals surface area contributed by atoms with Gasteiger partial charge >= 0.3 is 0 Å². The van der Waals surface area contributed by atoms with Crippen LogP contribution in [0.4, 0.5) is 5.69 Å². The zero-order chi connectivity index (χ0) is 26.5. The predicted octanol–water partition coefficient (Wildman–Crippen LogP) is 5.48. The van der Waals surface area contributed by atoms with E-state index in [1.54, 1.807) is 0 Å². The van der Waals surface area contributed by atoms with Crippen molar-refractivity contribution in [3.8, 4) is 11.3 Å². The van der Waals surface area contributed by atoms with Crippen molar-refractivity contribution in [3.05, 3.63) is 84.8 Å². The van der Waals surface area contributed by atoms with Crippen molar-refractivity contribution in [2.24, 2.45) is 5.92 Å². The van der Waals surface area contributed by atoms with Gasteiger partial charge in [0.05, 0.1) is 36.9 Å². The van der Waals surface area contributed by atoms with E-state index in [4.69, 9.17) is 4.42 Å². The molecule has 7 rings (SSSR count). The number of para-hydroxylation sites is 1. The average Bonchev–Trinajstić information content (AvgIpc) is 3.67. The molecule has 1 N–H and O–H groups in total. The van der Waals surface area contributed by atoms with Gasteiger partial charge in [-0.2, -0.15) is 0 Å². The number of likely N-dealkylation sites (N-methyl/N-ethyl adjacent to an activating group) is 1. The number of aliphatic hydroxyl groups is 1. The molecule has 2 aliphatic heterocycles. The molecule has 2 unspecified atom stereocenters. The van der Waals surface area contributed by atoms with E-state index >= 15 is 0 Å². The summed E-state index contributed by atoms with van der Waals surface area (Å²) in [5, 5.41) is 13.4. The minimum Gasteiger partial charge on any atom is -0.456 e. The smallest absolute Gasteiger partial charge is 0.242 e. The third-order valence-electron chi connectivity index (χ3n) is 8.67. The van der Waals surface area contributed by atoms with Crippen LogP contribution in [-0.4, -0.2) is 58.3 Å². The molecule has 7 nitrogen and oxygen atoms in total. The normalized spacial score (nSPS) is 17.9. The molecule has 1 fully saturated rings. The molecule has 0 aliphatic carbocycles. The molecule has 5 aromatic rings. The number of aromatic nitrogens is 2. The van der Waals surface area contributed by atoms with Gasteiger partial charge in [-0.3, -0.25) is 4.79 Å². The quantitative estimate of drug-likeness (QED) is 0.321. The van der Waals surface area contributed by atoms with Crippen LogP contribution in [0.3, 0.4) is 0 Å². The Labute approximate surface area is 227 Å². The number of likely N-dealkylation sites (tertiary alicyclic amines) is 1. The van der Waals surface area contributed by atoms with Gasteiger partial charge in [0, 0.05) is 48.2 Å². The van der Waals surface area contributed by atoms with E-state index < -0.39 is 6.10 Å². The van der Waals surface area contributed by atoms with Crippen LogP contribution in [0, 0.1) is 5.92 Å². The number of hydrogen-bond donors (Lipinski definition) is 1. The summed E-state index contributed by atoms with van der Waals surface area (Å²) in [5.74, 6) is 0.296. The highest BCUT2D eigenvalue weighted by Gasteiger charge is 2.34. The van der Waals surface area contributed by atoms with Crippen LogP contribution in [0.15, 0.2) is 83.7 Å². The van der Waals surface area contributed by atoms with Crippen molar-refractivity contribution in [1.82, 2.24) is 14.5 Å². The number of fused-ring (bicyclic) bond motifs is 6. The Balaban J connectivity index is 0.965. The zero-order valence-electron chi connectivity index (χ0n) is 22.0. The van der Waals surface area contributed by atoms with E-state index in [9.17, 15) is 9.90 Å². The molecule has 4 heterocycles. The van der Waals surface area contributed by atoms with E-state index in [0.29, 0.717) is 26.1 Å². The van der Waals surface area contributed by atoms with Gasteiger partial charge in [0.25, 0.3) is 0 Å². The number of furan rings is 1. The molecular weight excluding hydrogens is 488 g/mol. The molecule has 0 bridgehead atoms. The van der Waals surface area contributed by atoms with Gasteiger partial charge in [0.2, 0.25) is 5.91 Å². The van der Waals surface area contributed by atoms with Crippen LogP contribution >= 0.6 is 0 Å². The minimum atomic E-state index is -0.424. The fourth-order valence-corrected chi connectivity index (χ4v) is 6.47. The van der Waals surface area contributed by atoms with Gasteiger partial charge in [-0.1, -0.05) is 42.5 Å². The number of imidazole rings is 1. The maximum absolute atomic E-state index is 13.2. The van der Waals surface area contributed by atoms with E-state index in [2.05, 4.69) is 45.9 Å². The Bertz CT molecular complexity index is 1660. The Morgan fingerprint density at radius 3 is 2.69 bits per heavy atom. The Morgan fingerprint density at radius 2 is 1.82 bits per heavy atom. The molecule has 7 heteroatoms. The standard InChI is InChI=1S/C32H32N4O3/c1-34(22-10-11-26-25-8-4-5-9-30(25)39-31(26)16-22)19-32(38)35-14-12-21(13-15-35)29(37)17-27-23-6-2-3-7-24(23)28-18-33-20-36(27)28/h2-11,16,18,20-21,27,29,37H,12-15,17,19H2,1H3. The first-order valence-electron chi connectivity index (χ1n) is 13.8. The molecular formula is C32H32N4O3. The third-order valence-corrected chi connectivity index (χ3v) is 8.67. The first kappa shape index (κ1) is 24.0. The SMILES string of the molecule is CN(CC(=O)N1CCC(C(O)CC2c3ccccc3-c3cncn32)CC1)c1ccc2c(c1)oc1ccccc12. The second-order valence-electron chi connectivity index (χ2n) is 10.9. The number of anilines is 1. The summed E-state index contributed by atoms with van der Waals surface area (Å²) in [6.07, 6.45) is 5.63. The summed E-state index contributed by atoms with van der Waals surface area (Å²) in [6.45, 7) is 1.66. The number of aliphatic hydroxyl groups excluding tert-OH is 1. The van der Waals surface area contributed by atoms with Crippen LogP contribution in [0.1, 0.15) is 30.9 Å². The first-order chi connectivity index (χ1) is 19.1. The van der Waals surface area contributed by atoms with Crippen molar-refractivity contribution in [1.29, 1.82) is 0 Å². The van der Waals surface area contributed by atoms with Crippen LogP contribution in [0.5, 0.6) is 0 Å². The third kappa shape index (κ3) is 4.17. The van der Waals surface area contributed by atoms with Crippen LogP contribution < -0.4 is 4.90 Å². The number of amides is 1. The number of carbonyl (C=O) groups is 1.